The van der Waals surface area contributed by atoms with Crippen molar-refractivity contribution < 1.29 is 18.9 Å². The van der Waals surface area contributed by atoms with E-state index in [-0.39, 0.29) is 0 Å². The highest BCUT2D eigenvalue weighted by Gasteiger charge is 2.33. The Hall–Kier alpha value is -0.160. The van der Waals surface area contributed by atoms with Gasteiger partial charge in [0.05, 0.1) is 13.2 Å². The lowest BCUT2D eigenvalue weighted by Crippen LogP contribution is -2.44. The van der Waals surface area contributed by atoms with Gasteiger partial charge in [0, 0.05) is 13.2 Å². The highest BCUT2D eigenvalue weighted by atomic mass is 16.9. The Morgan fingerprint density at radius 2 is 1.28 bits per heavy atom. The van der Waals surface area contributed by atoms with Crippen molar-refractivity contribution in [2.24, 2.45) is 0 Å². The maximum Gasteiger partial charge on any atom is 0.307 e. The second-order valence-corrected chi connectivity index (χ2v) is 4.16. The second-order valence-electron chi connectivity index (χ2n) is 4.16. The van der Waals surface area contributed by atoms with Crippen LogP contribution in [0.3, 0.4) is 0 Å². The minimum Gasteiger partial charge on any atom is -0.373 e. The van der Waals surface area contributed by atoms with Crippen molar-refractivity contribution in [1.29, 1.82) is 0 Å². The summed E-state index contributed by atoms with van der Waals surface area (Å²) in [5.41, 5.74) is 0. The molecule has 0 aromatic heterocycles. The molecule has 4 heteroatoms. The highest BCUT2D eigenvalue weighted by molar-refractivity contribution is 4.57. The molecule has 0 atom stereocenters. The monoisotopic (exact) mass is 262 g/mol. The SMILES string of the molecule is CCCCOC(COCC)(OCC)OCCCC. The third kappa shape index (κ3) is 8.03. The highest BCUT2D eigenvalue weighted by Crippen LogP contribution is 2.18. The number of hydrogen-bond donors (Lipinski definition) is 0. The number of unbranched alkanes of at least 4 members (excludes halogenated alkanes) is 2. The van der Waals surface area contributed by atoms with Gasteiger partial charge in [-0.2, -0.15) is 0 Å². The molecule has 0 radical (unpaired) electrons. The van der Waals surface area contributed by atoms with E-state index in [1.54, 1.807) is 0 Å². The molecule has 0 amide bonds. The first kappa shape index (κ1) is 17.8. The summed E-state index contributed by atoms with van der Waals surface area (Å²) in [4.78, 5) is 0. The van der Waals surface area contributed by atoms with Crippen LogP contribution >= 0.6 is 0 Å². The number of hydrogen-bond acceptors (Lipinski definition) is 4. The van der Waals surface area contributed by atoms with Gasteiger partial charge < -0.3 is 18.9 Å². The molecule has 0 rings (SSSR count). The van der Waals surface area contributed by atoms with E-state index in [0.717, 1.165) is 25.7 Å². The molecule has 0 aliphatic heterocycles. The van der Waals surface area contributed by atoms with Gasteiger partial charge in [-0.15, -0.1) is 0 Å². The van der Waals surface area contributed by atoms with Crippen molar-refractivity contribution in [3.63, 3.8) is 0 Å². The van der Waals surface area contributed by atoms with Crippen molar-refractivity contribution in [3.05, 3.63) is 0 Å². The molecule has 0 aromatic carbocycles. The minimum atomic E-state index is -1.02. The summed E-state index contributed by atoms with van der Waals surface area (Å²) in [7, 11) is 0. The number of rotatable bonds is 13. The Kier molecular flexibility index (Phi) is 11.8. The van der Waals surface area contributed by atoms with Crippen LogP contribution in [0.1, 0.15) is 53.4 Å². The molecule has 0 heterocycles. The summed E-state index contributed by atoms with van der Waals surface area (Å²) in [5.74, 6) is -1.02. The fourth-order valence-corrected chi connectivity index (χ4v) is 1.44. The van der Waals surface area contributed by atoms with Crippen LogP contribution in [0.5, 0.6) is 0 Å². The van der Waals surface area contributed by atoms with Crippen molar-refractivity contribution >= 4 is 0 Å². The lowest BCUT2D eigenvalue weighted by Gasteiger charge is -2.32. The molecular weight excluding hydrogens is 232 g/mol. The third-order valence-corrected chi connectivity index (χ3v) is 2.49. The zero-order valence-corrected chi connectivity index (χ0v) is 12.5. The molecule has 0 aromatic rings. The lowest BCUT2D eigenvalue weighted by molar-refractivity contribution is -0.393. The molecule has 18 heavy (non-hydrogen) atoms. The zero-order chi connectivity index (χ0) is 13.7. The Balaban J connectivity index is 4.34. The molecule has 0 aliphatic rings. The molecule has 0 saturated heterocycles. The van der Waals surface area contributed by atoms with Crippen LogP contribution in [0.4, 0.5) is 0 Å². The predicted octanol–water partition coefficient (Wildman–Crippen LogP) is 3.35. The van der Waals surface area contributed by atoms with E-state index >= 15 is 0 Å². The first-order chi connectivity index (χ1) is 8.74. The van der Waals surface area contributed by atoms with Crippen molar-refractivity contribution in [2.75, 3.05) is 33.0 Å². The largest absolute Gasteiger partial charge is 0.373 e. The zero-order valence-electron chi connectivity index (χ0n) is 12.5. The van der Waals surface area contributed by atoms with Gasteiger partial charge >= 0.3 is 5.97 Å². The lowest BCUT2D eigenvalue weighted by atomic mass is 10.3. The normalized spacial score (nSPS) is 12.0. The Morgan fingerprint density at radius 3 is 1.67 bits per heavy atom. The average Bonchev–Trinajstić information content (AvgIpc) is 2.37. The summed E-state index contributed by atoms with van der Waals surface area (Å²) < 4.78 is 22.7. The molecular formula is C14H30O4. The quantitative estimate of drug-likeness (QED) is 0.377. The molecule has 4 nitrogen and oxygen atoms in total. The molecule has 0 bridgehead atoms. The fraction of sp³-hybridized carbons (Fsp3) is 1.00. The molecule has 0 spiro atoms. The van der Waals surface area contributed by atoms with Gasteiger partial charge in [0.1, 0.15) is 6.61 Å². The van der Waals surface area contributed by atoms with Gasteiger partial charge in [-0.25, -0.2) is 0 Å². The van der Waals surface area contributed by atoms with Crippen LogP contribution in [0.25, 0.3) is 0 Å². The third-order valence-electron chi connectivity index (χ3n) is 2.49. The van der Waals surface area contributed by atoms with Gasteiger partial charge in [-0.05, 0) is 26.7 Å². The first-order valence-corrected chi connectivity index (χ1v) is 7.24. The standard InChI is InChI=1S/C14H30O4/c1-5-9-11-17-14(16-8-4,13-15-7-3)18-12-10-6-2/h5-13H2,1-4H3. The summed E-state index contributed by atoms with van der Waals surface area (Å²) in [6.07, 6.45) is 4.17. The molecule has 0 aliphatic carbocycles. The van der Waals surface area contributed by atoms with Gasteiger partial charge in [0.15, 0.2) is 0 Å². The van der Waals surface area contributed by atoms with Gasteiger partial charge in [-0.3, -0.25) is 0 Å². The van der Waals surface area contributed by atoms with Gasteiger partial charge in [-0.1, -0.05) is 26.7 Å². The van der Waals surface area contributed by atoms with E-state index in [0.29, 0.717) is 33.0 Å². The van der Waals surface area contributed by atoms with E-state index in [2.05, 4.69) is 13.8 Å². The fourth-order valence-electron chi connectivity index (χ4n) is 1.44. The van der Waals surface area contributed by atoms with E-state index in [1.807, 2.05) is 13.8 Å². The molecule has 0 saturated carbocycles. The van der Waals surface area contributed by atoms with Crippen molar-refractivity contribution in [2.45, 2.75) is 59.4 Å². The Bertz CT molecular complexity index is 163. The maximum absolute atomic E-state index is 5.79. The van der Waals surface area contributed by atoms with Crippen LogP contribution in [-0.4, -0.2) is 39.0 Å². The summed E-state index contributed by atoms with van der Waals surface area (Å²) >= 11 is 0. The molecule has 110 valence electrons. The topological polar surface area (TPSA) is 36.9 Å². The van der Waals surface area contributed by atoms with Crippen LogP contribution in [0.15, 0.2) is 0 Å². The second kappa shape index (κ2) is 11.9. The number of ether oxygens (including phenoxy) is 4. The van der Waals surface area contributed by atoms with Crippen LogP contribution < -0.4 is 0 Å². The molecule has 0 fully saturated rings. The summed E-state index contributed by atoms with van der Waals surface area (Å²) in [6.45, 7) is 10.9. The van der Waals surface area contributed by atoms with E-state index in [4.69, 9.17) is 18.9 Å². The average molecular weight is 262 g/mol. The van der Waals surface area contributed by atoms with Crippen LogP contribution in [-0.2, 0) is 18.9 Å². The summed E-state index contributed by atoms with van der Waals surface area (Å²) in [6, 6.07) is 0. The summed E-state index contributed by atoms with van der Waals surface area (Å²) in [5, 5.41) is 0. The van der Waals surface area contributed by atoms with E-state index in [1.165, 1.54) is 0 Å². The first-order valence-electron chi connectivity index (χ1n) is 7.24. The van der Waals surface area contributed by atoms with Crippen molar-refractivity contribution in [3.8, 4) is 0 Å². The van der Waals surface area contributed by atoms with Gasteiger partial charge in [0.2, 0.25) is 0 Å². The Labute approximate surface area is 112 Å². The van der Waals surface area contributed by atoms with Crippen LogP contribution in [0, 0.1) is 0 Å². The smallest absolute Gasteiger partial charge is 0.307 e. The predicted molar refractivity (Wildman–Crippen MR) is 72.6 cm³/mol. The molecule has 0 unspecified atom stereocenters. The maximum atomic E-state index is 5.79. The van der Waals surface area contributed by atoms with Gasteiger partial charge in [0.25, 0.3) is 0 Å². The van der Waals surface area contributed by atoms with E-state index < -0.39 is 5.97 Å². The molecule has 0 N–H and O–H groups in total. The minimum absolute atomic E-state index is 0.324. The van der Waals surface area contributed by atoms with Crippen molar-refractivity contribution in [1.82, 2.24) is 0 Å². The van der Waals surface area contributed by atoms with Crippen LogP contribution in [0.2, 0.25) is 0 Å². The van der Waals surface area contributed by atoms with E-state index in [9.17, 15) is 0 Å². The Morgan fingerprint density at radius 1 is 0.722 bits per heavy atom.